The third-order valence-corrected chi connectivity index (χ3v) is 9.59. The van der Waals surface area contributed by atoms with Gasteiger partial charge < -0.3 is 34.3 Å². The van der Waals surface area contributed by atoms with Gasteiger partial charge in [-0.05, 0) is 51.7 Å². The van der Waals surface area contributed by atoms with E-state index < -0.39 is 17.1 Å². The van der Waals surface area contributed by atoms with E-state index in [2.05, 4.69) is 26.9 Å². The molecule has 2 saturated heterocycles. The number of rotatable bonds is 6. The molecule has 0 bridgehead atoms. The van der Waals surface area contributed by atoms with Crippen LogP contribution in [-0.2, 0) is 9.47 Å². The van der Waals surface area contributed by atoms with Gasteiger partial charge in [-0.25, -0.2) is 9.78 Å². The van der Waals surface area contributed by atoms with Crippen molar-refractivity contribution in [3.05, 3.63) is 67.7 Å². The molecule has 4 aromatic heterocycles. The van der Waals surface area contributed by atoms with Crippen LogP contribution in [0.25, 0.3) is 21.8 Å². The summed E-state index contributed by atoms with van der Waals surface area (Å²) in [6.45, 7) is 6.61. The molecule has 15 heteroatoms. The van der Waals surface area contributed by atoms with Crippen LogP contribution >= 0.6 is 0 Å². The largest absolute Gasteiger partial charge is 0.477 e. The first-order valence-electron chi connectivity index (χ1n) is 15.6. The van der Waals surface area contributed by atoms with Crippen LogP contribution in [0.4, 0.5) is 11.4 Å². The number of piperidine rings is 2. The van der Waals surface area contributed by atoms with E-state index in [0.29, 0.717) is 65.6 Å². The molecule has 0 spiro atoms. The third-order valence-electron chi connectivity index (χ3n) is 9.59. The number of fused-ring (bicyclic) bond motifs is 2. The number of H-pyrrole nitrogens is 2. The molecule has 0 aliphatic carbocycles. The summed E-state index contributed by atoms with van der Waals surface area (Å²) < 4.78 is 11.1. The number of aromatic nitrogens is 4. The lowest BCUT2D eigenvalue weighted by molar-refractivity contribution is -0.0134. The number of nitrogens with one attached hydrogen (secondary N) is 2. The van der Waals surface area contributed by atoms with Crippen molar-refractivity contribution in [1.82, 2.24) is 19.9 Å². The standard InChI is InChI=1S/C17H18N4O4.C17H18N4O3/c1-17(25-2)3-5-21(6-4-17)14-10-7-12(16(23)24)19-9-13(10)20-15(22)11(14)8-18;1-17(24-2)3-5-21(6-4-17)15-12-7-11(10-22)19-9-14(12)20-16(23)13(15)8-18/h7,9H,3-6H2,1-2H3,(H,20,22)(H,23,24);7,9-10H,3-6H2,1-2H3,(H,20,23). The summed E-state index contributed by atoms with van der Waals surface area (Å²) in [6, 6.07) is 6.96. The van der Waals surface area contributed by atoms with Crippen LogP contribution in [-0.4, -0.2) is 88.9 Å². The highest BCUT2D eigenvalue weighted by molar-refractivity contribution is 5.98. The number of carboxylic acids is 1. The number of ether oxygens (including phenoxy) is 2. The van der Waals surface area contributed by atoms with Crippen LogP contribution in [0, 0.1) is 22.7 Å². The van der Waals surface area contributed by atoms with Crippen molar-refractivity contribution in [2.75, 3.05) is 50.2 Å². The minimum Gasteiger partial charge on any atom is -0.477 e. The van der Waals surface area contributed by atoms with Crippen molar-refractivity contribution < 1.29 is 24.2 Å². The Morgan fingerprint density at radius 1 is 0.837 bits per heavy atom. The number of carbonyl (C=O) groups is 2. The molecule has 6 heterocycles. The fourth-order valence-electron chi connectivity index (χ4n) is 6.23. The summed E-state index contributed by atoms with van der Waals surface area (Å²) >= 11 is 0. The van der Waals surface area contributed by atoms with Crippen molar-refractivity contribution >= 4 is 45.4 Å². The van der Waals surface area contributed by atoms with Gasteiger partial charge in [0, 0.05) is 51.2 Å². The fraction of sp³-hybridized carbons (Fsp3) is 0.412. The minimum absolute atomic E-state index is 0.0175. The van der Waals surface area contributed by atoms with Gasteiger partial charge in [-0.2, -0.15) is 10.5 Å². The number of carbonyl (C=O) groups excluding carboxylic acids is 1. The van der Waals surface area contributed by atoms with Crippen molar-refractivity contribution in [3.8, 4) is 12.1 Å². The minimum atomic E-state index is -1.16. The van der Waals surface area contributed by atoms with E-state index >= 15 is 0 Å². The van der Waals surface area contributed by atoms with Crippen LogP contribution in [0.2, 0.25) is 0 Å². The van der Waals surface area contributed by atoms with Crippen LogP contribution in [0.5, 0.6) is 0 Å². The van der Waals surface area contributed by atoms with Gasteiger partial charge in [0.25, 0.3) is 11.1 Å². The van der Waals surface area contributed by atoms with Crippen LogP contribution < -0.4 is 20.9 Å². The molecule has 2 aliphatic rings. The Labute approximate surface area is 280 Å². The van der Waals surface area contributed by atoms with E-state index in [9.17, 15) is 34.8 Å². The summed E-state index contributed by atoms with van der Waals surface area (Å²) in [7, 11) is 3.37. The number of anilines is 2. The van der Waals surface area contributed by atoms with Gasteiger partial charge in [0.05, 0.1) is 46.0 Å². The maximum atomic E-state index is 12.3. The Morgan fingerprint density at radius 2 is 1.27 bits per heavy atom. The van der Waals surface area contributed by atoms with Crippen molar-refractivity contribution in [3.63, 3.8) is 0 Å². The Hall–Kier alpha value is -5.64. The second-order valence-corrected chi connectivity index (χ2v) is 12.6. The maximum absolute atomic E-state index is 12.3. The highest BCUT2D eigenvalue weighted by Gasteiger charge is 2.33. The molecular weight excluding hydrogens is 632 g/mol. The highest BCUT2D eigenvalue weighted by Crippen LogP contribution is 2.35. The summed E-state index contributed by atoms with van der Waals surface area (Å²) in [5.41, 5.74) is 0.734. The monoisotopic (exact) mass is 668 g/mol. The second-order valence-electron chi connectivity index (χ2n) is 12.6. The zero-order chi connectivity index (χ0) is 35.5. The third kappa shape index (κ3) is 6.85. The Bertz CT molecular complexity index is 2130. The average molecular weight is 669 g/mol. The first-order chi connectivity index (χ1) is 23.4. The molecule has 0 unspecified atom stereocenters. The topological polar surface area (TPSA) is 218 Å². The molecule has 49 heavy (non-hydrogen) atoms. The number of nitriles is 2. The molecule has 0 atom stereocenters. The van der Waals surface area contributed by atoms with E-state index in [4.69, 9.17) is 9.47 Å². The number of carboxylic acid groups (broad SMARTS) is 1. The number of methoxy groups -OCH3 is 2. The van der Waals surface area contributed by atoms with Crippen molar-refractivity contribution in [2.24, 2.45) is 0 Å². The molecular formula is C34H36N8O7. The van der Waals surface area contributed by atoms with Gasteiger partial charge in [-0.15, -0.1) is 0 Å². The molecule has 15 nitrogen and oxygen atoms in total. The lowest BCUT2D eigenvalue weighted by Gasteiger charge is -2.40. The Balaban J connectivity index is 0.000000191. The molecule has 3 N–H and O–H groups in total. The molecule has 2 aliphatic heterocycles. The van der Waals surface area contributed by atoms with E-state index in [0.717, 1.165) is 25.7 Å². The number of aldehydes is 1. The van der Waals surface area contributed by atoms with Gasteiger partial charge in [0.1, 0.15) is 34.7 Å². The Morgan fingerprint density at radius 3 is 1.65 bits per heavy atom. The predicted molar refractivity (Wildman–Crippen MR) is 180 cm³/mol. The number of aromatic carboxylic acids is 1. The predicted octanol–water partition coefficient (Wildman–Crippen LogP) is 3.11. The quantitative estimate of drug-likeness (QED) is 0.252. The SMILES string of the molecule is COC1(C)CCN(c2c(C#N)c(=O)[nH]c3cnc(C(=O)O)cc23)CC1.COC1(C)CCN(c2c(C#N)c(=O)[nH]c3cnc(C=O)cc23)CC1. The van der Waals surface area contributed by atoms with Crippen LogP contribution in [0.3, 0.4) is 0 Å². The zero-order valence-corrected chi connectivity index (χ0v) is 27.6. The van der Waals surface area contributed by atoms with Gasteiger partial charge in [-0.3, -0.25) is 19.4 Å². The second kappa shape index (κ2) is 13.8. The lowest BCUT2D eigenvalue weighted by atomic mass is 9.92. The molecule has 6 rings (SSSR count). The number of hydrogen-bond donors (Lipinski definition) is 3. The van der Waals surface area contributed by atoms with Crippen LogP contribution in [0.15, 0.2) is 34.1 Å². The Kier molecular flexibility index (Phi) is 9.80. The summed E-state index contributed by atoms with van der Waals surface area (Å²) in [5.74, 6) is -1.16. The van der Waals surface area contributed by atoms with E-state index in [1.165, 1.54) is 18.5 Å². The summed E-state index contributed by atoms with van der Waals surface area (Å²) in [4.78, 5) is 63.8. The maximum Gasteiger partial charge on any atom is 0.354 e. The van der Waals surface area contributed by atoms with E-state index in [-0.39, 0.29) is 33.7 Å². The molecule has 0 amide bonds. The first-order valence-corrected chi connectivity index (χ1v) is 15.6. The number of pyridine rings is 4. The summed E-state index contributed by atoms with van der Waals surface area (Å²) in [6.07, 6.45) is 6.46. The molecule has 254 valence electrons. The van der Waals surface area contributed by atoms with Gasteiger partial charge >= 0.3 is 5.97 Å². The zero-order valence-electron chi connectivity index (χ0n) is 27.6. The normalized spacial score (nSPS) is 16.7. The van der Waals surface area contributed by atoms with Crippen molar-refractivity contribution in [1.29, 1.82) is 10.5 Å². The number of nitrogens with zero attached hydrogens (tertiary/aromatic N) is 6. The molecule has 4 aromatic rings. The smallest absolute Gasteiger partial charge is 0.354 e. The average Bonchev–Trinajstić information content (AvgIpc) is 3.11. The van der Waals surface area contributed by atoms with Gasteiger partial charge in [0.15, 0.2) is 6.29 Å². The fourth-order valence-corrected chi connectivity index (χ4v) is 6.23. The molecule has 0 radical (unpaired) electrons. The van der Waals surface area contributed by atoms with E-state index in [1.807, 2.05) is 28.9 Å². The van der Waals surface area contributed by atoms with Crippen molar-refractivity contribution in [2.45, 2.75) is 50.7 Å². The van der Waals surface area contributed by atoms with Gasteiger partial charge in [0.2, 0.25) is 0 Å². The van der Waals surface area contributed by atoms with Crippen LogP contribution in [0.1, 0.15) is 71.6 Å². The molecule has 2 fully saturated rings. The lowest BCUT2D eigenvalue weighted by Crippen LogP contribution is -2.44. The number of aromatic amines is 2. The van der Waals surface area contributed by atoms with Gasteiger partial charge in [-0.1, -0.05) is 0 Å². The molecule has 0 aromatic carbocycles. The summed E-state index contributed by atoms with van der Waals surface area (Å²) in [5, 5.41) is 29.3. The first kappa shape index (κ1) is 34.7. The molecule has 0 saturated carbocycles. The number of hydrogen-bond acceptors (Lipinski definition) is 12. The highest BCUT2D eigenvalue weighted by atomic mass is 16.5. The van der Waals surface area contributed by atoms with E-state index in [1.54, 1.807) is 20.3 Å².